The molecule has 0 spiro atoms. The lowest BCUT2D eigenvalue weighted by Crippen LogP contribution is -2.47. The first kappa shape index (κ1) is 18.5. The summed E-state index contributed by atoms with van der Waals surface area (Å²) < 4.78 is 0. The number of carbonyl (C=O) groups is 2. The fourth-order valence-corrected chi connectivity index (χ4v) is 2.58. The highest BCUT2D eigenvalue weighted by Gasteiger charge is 2.28. The topological polar surface area (TPSA) is 75.4 Å². The van der Waals surface area contributed by atoms with Crippen LogP contribution >= 0.6 is 12.4 Å². The Bertz CT molecular complexity index is 485. The number of hydrogen-bond acceptors (Lipinski definition) is 3. The molecule has 0 radical (unpaired) electrons. The molecule has 0 bridgehead atoms. The lowest BCUT2D eigenvalue weighted by atomic mass is 9.95. The molecular formula is C16H24ClN3O2. The molecule has 5 nitrogen and oxygen atoms in total. The molecule has 1 heterocycles. The van der Waals surface area contributed by atoms with E-state index in [2.05, 4.69) is 5.32 Å². The van der Waals surface area contributed by atoms with E-state index in [1.54, 1.807) is 11.8 Å². The van der Waals surface area contributed by atoms with Gasteiger partial charge in [-0.2, -0.15) is 0 Å². The van der Waals surface area contributed by atoms with Crippen LogP contribution in [0.5, 0.6) is 0 Å². The summed E-state index contributed by atoms with van der Waals surface area (Å²) in [7, 11) is 0. The summed E-state index contributed by atoms with van der Waals surface area (Å²) in [4.78, 5) is 25.7. The molecule has 0 aliphatic carbocycles. The van der Waals surface area contributed by atoms with Crippen molar-refractivity contribution in [1.82, 2.24) is 10.2 Å². The molecule has 3 N–H and O–H groups in total. The van der Waals surface area contributed by atoms with Gasteiger partial charge in [0.15, 0.2) is 0 Å². The van der Waals surface area contributed by atoms with Crippen LogP contribution in [0.3, 0.4) is 0 Å². The molecule has 6 heteroatoms. The second kappa shape index (κ2) is 8.76. The van der Waals surface area contributed by atoms with Gasteiger partial charge in [-0.1, -0.05) is 30.3 Å². The van der Waals surface area contributed by atoms with Crippen LogP contribution in [0.15, 0.2) is 30.3 Å². The number of amides is 2. The van der Waals surface area contributed by atoms with Gasteiger partial charge in [0.25, 0.3) is 0 Å². The fraction of sp³-hybridized carbons (Fsp3) is 0.500. The van der Waals surface area contributed by atoms with E-state index in [4.69, 9.17) is 5.73 Å². The second-order valence-corrected chi connectivity index (χ2v) is 5.59. The van der Waals surface area contributed by atoms with Crippen LogP contribution in [-0.2, 0) is 16.1 Å². The molecule has 0 saturated carbocycles. The molecule has 0 aromatic heterocycles. The summed E-state index contributed by atoms with van der Waals surface area (Å²) in [6.07, 6.45) is 1.41. The highest BCUT2D eigenvalue weighted by molar-refractivity contribution is 5.85. The Morgan fingerprint density at radius 3 is 2.41 bits per heavy atom. The van der Waals surface area contributed by atoms with Crippen molar-refractivity contribution in [2.45, 2.75) is 32.4 Å². The zero-order valence-corrected chi connectivity index (χ0v) is 13.6. The summed E-state index contributed by atoms with van der Waals surface area (Å²) in [6.45, 7) is 3.48. The summed E-state index contributed by atoms with van der Waals surface area (Å²) in [5.74, 6) is 0.0377. The van der Waals surface area contributed by atoms with Crippen molar-refractivity contribution in [3.8, 4) is 0 Å². The maximum atomic E-state index is 12.1. The Labute approximate surface area is 137 Å². The van der Waals surface area contributed by atoms with E-state index in [9.17, 15) is 9.59 Å². The number of rotatable bonds is 4. The molecule has 1 aromatic carbocycles. The highest BCUT2D eigenvalue weighted by Crippen LogP contribution is 2.18. The first-order valence-corrected chi connectivity index (χ1v) is 7.44. The van der Waals surface area contributed by atoms with Crippen molar-refractivity contribution in [3.05, 3.63) is 35.9 Å². The van der Waals surface area contributed by atoms with Gasteiger partial charge in [0, 0.05) is 25.6 Å². The largest absolute Gasteiger partial charge is 0.352 e. The van der Waals surface area contributed by atoms with E-state index in [0.29, 0.717) is 32.5 Å². The Hall–Kier alpha value is -1.59. The molecule has 2 rings (SSSR count). The highest BCUT2D eigenvalue weighted by atomic mass is 35.5. The van der Waals surface area contributed by atoms with E-state index in [1.165, 1.54) is 0 Å². The number of nitrogens with two attached hydrogens (primary N) is 1. The number of carbonyl (C=O) groups excluding carboxylic acids is 2. The molecule has 1 aromatic rings. The average molecular weight is 326 g/mol. The Morgan fingerprint density at radius 1 is 1.27 bits per heavy atom. The summed E-state index contributed by atoms with van der Waals surface area (Å²) >= 11 is 0. The molecule has 1 atom stereocenters. The predicted octanol–water partition coefficient (Wildman–Crippen LogP) is 1.31. The lowest BCUT2D eigenvalue weighted by Gasteiger charge is -2.32. The molecule has 22 heavy (non-hydrogen) atoms. The van der Waals surface area contributed by atoms with E-state index in [-0.39, 0.29) is 30.1 Å². The normalized spacial score (nSPS) is 16.5. The predicted molar refractivity (Wildman–Crippen MR) is 88.5 cm³/mol. The quantitative estimate of drug-likeness (QED) is 0.876. The van der Waals surface area contributed by atoms with Crippen molar-refractivity contribution in [2.24, 2.45) is 11.7 Å². The van der Waals surface area contributed by atoms with Crippen LogP contribution < -0.4 is 11.1 Å². The number of hydrogen-bond donors (Lipinski definition) is 2. The molecule has 1 aliphatic rings. The number of nitrogens with zero attached hydrogens (tertiary/aromatic N) is 1. The van der Waals surface area contributed by atoms with E-state index < -0.39 is 6.04 Å². The van der Waals surface area contributed by atoms with Crippen LogP contribution in [0.1, 0.15) is 25.3 Å². The molecule has 122 valence electrons. The van der Waals surface area contributed by atoms with Crippen LogP contribution in [-0.4, -0.2) is 35.8 Å². The zero-order chi connectivity index (χ0) is 15.2. The number of halogens is 1. The van der Waals surface area contributed by atoms with Crippen molar-refractivity contribution in [1.29, 1.82) is 0 Å². The third-order valence-corrected chi connectivity index (χ3v) is 3.88. The second-order valence-electron chi connectivity index (χ2n) is 5.59. The van der Waals surface area contributed by atoms with Crippen molar-refractivity contribution >= 4 is 24.2 Å². The number of piperidine rings is 1. The van der Waals surface area contributed by atoms with Gasteiger partial charge in [-0.3, -0.25) is 9.59 Å². The standard InChI is InChI=1S/C16H23N3O2.ClH/c1-12(17)16(21)19-9-7-14(8-10-19)15(20)18-11-13-5-3-2-4-6-13;/h2-6,12,14H,7-11,17H2,1H3,(H,18,20);1H. The van der Waals surface area contributed by atoms with E-state index >= 15 is 0 Å². The van der Waals surface area contributed by atoms with Crippen molar-refractivity contribution in [3.63, 3.8) is 0 Å². The maximum Gasteiger partial charge on any atom is 0.239 e. The van der Waals surface area contributed by atoms with Crippen LogP contribution in [0.2, 0.25) is 0 Å². The van der Waals surface area contributed by atoms with E-state index in [0.717, 1.165) is 5.56 Å². The third kappa shape index (κ3) is 5.00. The van der Waals surface area contributed by atoms with Gasteiger partial charge in [-0.15, -0.1) is 12.4 Å². The minimum absolute atomic E-state index is 0. The lowest BCUT2D eigenvalue weighted by molar-refractivity contribution is -0.136. The minimum atomic E-state index is -0.464. The summed E-state index contributed by atoms with van der Waals surface area (Å²) in [5.41, 5.74) is 6.70. The van der Waals surface area contributed by atoms with Gasteiger partial charge in [-0.05, 0) is 25.3 Å². The molecule has 1 unspecified atom stereocenters. The first-order chi connectivity index (χ1) is 10.1. The molecule has 2 amide bonds. The van der Waals surface area contributed by atoms with Crippen LogP contribution in [0, 0.1) is 5.92 Å². The van der Waals surface area contributed by atoms with Crippen LogP contribution in [0.4, 0.5) is 0 Å². The maximum absolute atomic E-state index is 12.1. The number of likely N-dealkylation sites (tertiary alicyclic amines) is 1. The molecule has 1 fully saturated rings. The Kier molecular flexibility index (Phi) is 7.35. The Balaban J connectivity index is 0.00000242. The minimum Gasteiger partial charge on any atom is -0.352 e. The van der Waals surface area contributed by atoms with Gasteiger partial charge in [-0.25, -0.2) is 0 Å². The number of benzene rings is 1. The van der Waals surface area contributed by atoms with Gasteiger partial charge < -0.3 is 16.0 Å². The van der Waals surface area contributed by atoms with Gasteiger partial charge in [0.1, 0.15) is 0 Å². The summed E-state index contributed by atoms with van der Waals surface area (Å²) in [6, 6.07) is 9.39. The summed E-state index contributed by atoms with van der Waals surface area (Å²) in [5, 5.41) is 2.97. The zero-order valence-electron chi connectivity index (χ0n) is 12.8. The van der Waals surface area contributed by atoms with Gasteiger partial charge in [0.05, 0.1) is 6.04 Å². The van der Waals surface area contributed by atoms with E-state index in [1.807, 2.05) is 30.3 Å². The van der Waals surface area contributed by atoms with Gasteiger partial charge in [0.2, 0.25) is 11.8 Å². The Morgan fingerprint density at radius 2 is 1.86 bits per heavy atom. The van der Waals surface area contributed by atoms with Crippen molar-refractivity contribution < 1.29 is 9.59 Å². The monoisotopic (exact) mass is 325 g/mol. The molecule has 1 aliphatic heterocycles. The molecular weight excluding hydrogens is 302 g/mol. The average Bonchev–Trinajstić information content (AvgIpc) is 2.53. The third-order valence-electron chi connectivity index (χ3n) is 3.88. The fourth-order valence-electron chi connectivity index (χ4n) is 2.58. The SMILES string of the molecule is CC(N)C(=O)N1CCC(C(=O)NCc2ccccc2)CC1.Cl. The number of nitrogens with one attached hydrogen (secondary N) is 1. The molecule has 1 saturated heterocycles. The van der Waals surface area contributed by atoms with Crippen LogP contribution in [0.25, 0.3) is 0 Å². The van der Waals surface area contributed by atoms with Gasteiger partial charge >= 0.3 is 0 Å². The van der Waals surface area contributed by atoms with Crippen molar-refractivity contribution in [2.75, 3.05) is 13.1 Å². The smallest absolute Gasteiger partial charge is 0.239 e. The first-order valence-electron chi connectivity index (χ1n) is 7.44.